The van der Waals surface area contributed by atoms with Crippen molar-refractivity contribution in [1.29, 1.82) is 0 Å². The van der Waals surface area contributed by atoms with Crippen LogP contribution in [0.15, 0.2) is 54.6 Å². The summed E-state index contributed by atoms with van der Waals surface area (Å²) in [5, 5.41) is 4.46. The fourth-order valence-corrected chi connectivity index (χ4v) is 3.40. The number of ether oxygens (including phenoxy) is 2. The first-order chi connectivity index (χ1) is 14.9. The number of carbonyl (C=O) groups excluding carboxylic acids is 2. The van der Waals surface area contributed by atoms with Crippen LogP contribution in [0.3, 0.4) is 0 Å². The highest BCUT2D eigenvalue weighted by molar-refractivity contribution is 5.92. The Morgan fingerprint density at radius 3 is 2.45 bits per heavy atom. The molecule has 0 saturated heterocycles. The maximum absolute atomic E-state index is 13.1. The van der Waals surface area contributed by atoms with Gasteiger partial charge in [-0.05, 0) is 44.9 Å². The van der Waals surface area contributed by atoms with Crippen molar-refractivity contribution < 1.29 is 19.1 Å². The van der Waals surface area contributed by atoms with Gasteiger partial charge in [0.2, 0.25) is 5.88 Å². The zero-order valence-corrected chi connectivity index (χ0v) is 18.4. The number of unbranched alkanes of at least 4 members (excludes halogenated alkanes) is 1. The number of aryl methyl sites for hydroxylation is 2. The van der Waals surface area contributed by atoms with Crippen LogP contribution in [0.4, 0.5) is 0 Å². The predicted molar refractivity (Wildman–Crippen MR) is 118 cm³/mol. The van der Waals surface area contributed by atoms with Gasteiger partial charge in [0.25, 0.3) is 0 Å². The maximum atomic E-state index is 13.1. The van der Waals surface area contributed by atoms with Crippen molar-refractivity contribution >= 4 is 11.9 Å². The molecule has 6 heteroatoms. The van der Waals surface area contributed by atoms with Gasteiger partial charge < -0.3 is 9.47 Å². The largest absolute Gasteiger partial charge is 0.458 e. The van der Waals surface area contributed by atoms with Crippen LogP contribution in [0, 0.1) is 13.8 Å². The van der Waals surface area contributed by atoms with Gasteiger partial charge in [-0.15, -0.1) is 0 Å². The third kappa shape index (κ3) is 5.60. The molecular weight excluding hydrogens is 392 g/mol. The molecule has 1 aromatic heterocycles. The zero-order chi connectivity index (χ0) is 22.4. The minimum atomic E-state index is -0.516. The van der Waals surface area contributed by atoms with E-state index in [-0.39, 0.29) is 5.97 Å². The van der Waals surface area contributed by atoms with Crippen molar-refractivity contribution in [3.8, 4) is 11.6 Å². The molecule has 31 heavy (non-hydrogen) atoms. The zero-order valence-electron chi connectivity index (χ0n) is 18.4. The summed E-state index contributed by atoms with van der Waals surface area (Å²) in [7, 11) is 0. The molecule has 2 aromatic carbocycles. The molecule has 0 N–H and O–H groups in total. The highest BCUT2D eigenvalue weighted by atomic mass is 16.5. The lowest BCUT2D eigenvalue weighted by Gasteiger charge is -2.20. The molecule has 3 rings (SSSR count). The number of aromatic nitrogens is 2. The normalized spacial score (nSPS) is 11.7. The molecule has 1 unspecified atom stereocenters. The Morgan fingerprint density at radius 1 is 1.06 bits per heavy atom. The van der Waals surface area contributed by atoms with E-state index in [0.29, 0.717) is 23.4 Å². The van der Waals surface area contributed by atoms with Crippen molar-refractivity contribution in [3.63, 3.8) is 0 Å². The average molecular weight is 421 g/mol. The molecule has 0 aliphatic carbocycles. The third-order valence-corrected chi connectivity index (χ3v) is 4.93. The molecule has 0 spiro atoms. The predicted octanol–water partition coefficient (Wildman–Crippen LogP) is 5.50. The molecule has 0 amide bonds. The van der Waals surface area contributed by atoms with E-state index in [1.54, 1.807) is 22.9 Å². The molecular formula is C25H28N2O4. The number of carbonyl (C=O) groups is 2. The van der Waals surface area contributed by atoms with Crippen LogP contribution in [0.2, 0.25) is 0 Å². The van der Waals surface area contributed by atoms with Crippen LogP contribution in [-0.2, 0) is 9.53 Å². The maximum Gasteiger partial charge on any atom is 0.345 e. The SMILES string of the molecule is CCCCC(OC(C)=O)c1ccccc1C(=O)Oc1cc(C)nn1-c1ccc(C)cc1. The first-order valence-corrected chi connectivity index (χ1v) is 10.5. The van der Waals surface area contributed by atoms with Crippen LogP contribution in [0.5, 0.6) is 5.88 Å². The molecule has 3 aromatic rings. The Bertz CT molecular complexity index is 1050. The second-order valence-corrected chi connectivity index (χ2v) is 7.59. The summed E-state index contributed by atoms with van der Waals surface area (Å²) in [6.07, 6.45) is 1.98. The lowest BCUT2D eigenvalue weighted by molar-refractivity contribution is -0.147. The second kappa shape index (κ2) is 10.1. The third-order valence-electron chi connectivity index (χ3n) is 4.93. The van der Waals surface area contributed by atoms with Crippen molar-refractivity contribution in [3.05, 3.63) is 77.0 Å². The molecule has 1 heterocycles. The van der Waals surface area contributed by atoms with E-state index in [4.69, 9.17) is 9.47 Å². The van der Waals surface area contributed by atoms with Gasteiger partial charge >= 0.3 is 11.9 Å². The Kier molecular flexibility index (Phi) is 7.23. The van der Waals surface area contributed by atoms with Crippen LogP contribution < -0.4 is 4.74 Å². The lowest BCUT2D eigenvalue weighted by Crippen LogP contribution is -2.17. The molecule has 0 aliphatic heterocycles. The topological polar surface area (TPSA) is 70.4 Å². The molecule has 6 nitrogen and oxygen atoms in total. The first-order valence-electron chi connectivity index (χ1n) is 10.5. The van der Waals surface area contributed by atoms with E-state index < -0.39 is 12.1 Å². The summed E-state index contributed by atoms with van der Waals surface area (Å²) in [6, 6.07) is 16.6. The van der Waals surface area contributed by atoms with Crippen LogP contribution >= 0.6 is 0 Å². The van der Waals surface area contributed by atoms with Crippen LogP contribution in [-0.4, -0.2) is 21.7 Å². The number of rotatable bonds is 8. The van der Waals surface area contributed by atoms with E-state index in [0.717, 1.165) is 29.8 Å². The van der Waals surface area contributed by atoms with E-state index in [1.807, 2.05) is 50.2 Å². The standard InChI is InChI=1S/C25H28N2O4/c1-5-6-11-23(30-19(4)28)21-9-7-8-10-22(21)25(29)31-24-16-18(3)26-27(24)20-14-12-17(2)13-15-20/h7-10,12-16,23H,5-6,11H2,1-4H3. The summed E-state index contributed by atoms with van der Waals surface area (Å²) in [5.74, 6) is -0.561. The van der Waals surface area contributed by atoms with Gasteiger partial charge in [-0.1, -0.05) is 49.2 Å². The van der Waals surface area contributed by atoms with Crippen molar-refractivity contribution in [2.24, 2.45) is 0 Å². The molecule has 0 radical (unpaired) electrons. The van der Waals surface area contributed by atoms with Gasteiger partial charge in [-0.25, -0.2) is 9.48 Å². The lowest BCUT2D eigenvalue weighted by atomic mass is 9.98. The van der Waals surface area contributed by atoms with Gasteiger partial charge in [-0.2, -0.15) is 5.10 Å². The molecule has 1 atom stereocenters. The van der Waals surface area contributed by atoms with Crippen LogP contribution in [0.1, 0.15) is 66.4 Å². The number of hydrogen-bond acceptors (Lipinski definition) is 5. The highest BCUT2D eigenvalue weighted by Crippen LogP contribution is 2.28. The minimum absolute atomic E-state index is 0.332. The Morgan fingerprint density at radius 2 is 1.77 bits per heavy atom. The molecule has 0 saturated carbocycles. The van der Waals surface area contributed by atoms with Crippen molar-refractivity contribution in [2.45, 2.75) is 53.1 Å². The fourth-order valence-electron chi connectivity index (χ4n) is 3.40. The Hall–Kier alpha value is -3.41. The smallest absolute Gasteiger partial charge is 0.345 e. The monoisotopic (exact) mass is 420 g/mol. The fraction of sp³-hybridized carbons (Fsp3) is 0.320. The molecule has 162 valence electrons. The number of hydrogen-bond donors (Lipinski definition) is 0. The summed E-state index contributed by atoms with van der Waals surface area (Å²) in [5.41, 5.74) is 3.69. The summed E-state index contributed by atoms with van der Waals surface area (Å²) >= 11 is 0. The summed E-state index contributed by atoms with van der Waals surface area (Å²) < 4.78 is 12.9. The molecule has 0 aliphatic rings. The van der Waals surface area contributed by atoms with Crippen LogP contribution in [0.25, 0.3) is 5.69 Å². The number of benzene rings is 2. The van der Waals surface area contributed by atoms with Crippen molar-refractivity contribution in [1.82, 2.24) is 9.78 Å². The van der Waals surface area contributed by atoms with Gasteiger partial charge in [0.1, 0.15) is 6.10 Å². The minimum Gasteiger partial charge on any atom is -0.458 e. The van der Waals surface area contributed by atoms with Gasteiger partial charge in [0.05, 0.1) is 16.9 Å². The first kappa shape index (κ1) is 22.3. The van der Waals surface area contributed by atoms with Gasteiger partial charge in [0.15, 0.2) is 0 Å². The Labute approximate surface area is 182 Å². The number of nitrogens with zero attached hydrogens (tertiary/aromatic N) is 2. The quantitative estimate of drug-likeness (QED) is 0.450. The van der Waals surface area contributed by atoms with E-state index in [9.17, 15) is 9.59 Å². The average Bonchev–Trinajstić information content (AvgIpc) is 3.11. The summed E-state index contributed by atoms with van der Waals surface area (Å²) in [6.45, 7) is 7.30. The highest BCUT2D eigenvalue weighted by Gasteiger charge is 2.23. The van der Waals surface area contributed by atoms with E-state index in [1.165, 1.54) is 6.92 Å². The Balaban J connectivity index is 1.91. The summed E-state index contributed by atoms with van der Waals surface area (Å²) in [4.78, 5) is 24.8. The van der Waals surface area contributed by atoms with Gasteiger partial charge in [-0.3, -0.25) is 4.79 Å². The van der Waals surface area contributed by atoms with E-state index >= 15 is 0 Å². The molecule has 0 fully saturated rings. The van der Waals surface area contributed by atoms with Crippen molar-refractivity contribution in [2.75, 3.05) is 0 Å². The number of esters is 2. The molecule has 0 bridgehead atoms. The second-order valence-electron chi connectivity index (χ2n) is 7.59. The van der Waals surface area contributed by atoms with Gasteiger partial charge in [0, 0.05) is 18.6 Å². The van der Waals surface area contributed by atoms with E-state index in [2.05, 4.69) is 12.0 Å².